The Hall–Kier alpha value is -2.36. The molecule has 0 amide bonds. The second-order valence-corrected chi connectivity index (χ2v) is 7.97. The average molecular weight is 379 g/mol. The Morgan fingerprint density at radius 1 is 1.04 bits per heavy atom. The summed E-state index contributed by atoms with van der Waals surface area (Å²) in [4.78, 5) is 11.7. The number of rotatable bonds is 5. The molecule has 0 bridgehead atoms. The number of piperazine rings is 1. The number of sulfonamides is 1. The second kappa shape index (κ2) is 7.48. The van der Waals surface area contributed by atoms with Crippen molar-refractivity contribution < 1.29 is 17.7 Å². The molecule has 7 nitrogen and oxygen atoms in total. The zero-order valence-electron chi connectivity index (χ0n) is 13.9. The number of nitro groups is 1. The predicted molar refractivity (Wildman–Crippen MR) is 93.5 cm³/mol. The van der Waals surface area contributed by atoms with Gasteiger partial charge in [0.25, 0.3) is 0 Å². The molecule has 26 heavy (non-hydrogen) atoms. The van der Waals surface area contributed by atoms with Gasteiger partial charge in [0.15, 0.2) is 0 Å². The molecule has 0 spiro atoms. The summed E-state index contributed by atoms with van der Waals surface area (Å²) in [6, 6.07) is 12.6. The Morgan fingerprint density at radius 2 is 1.69 bits per heavy atom. The van der Waals surface area contributed by atoms with Crippen molar-refractivity contribution in [1.82, 2.24) is 9.21 Å². The Labute approximate surface area is 150 Å². The highest BCUT2D eigenvalue weighted by Gasteiger charge is 2.30. The summed E-state index contributed by atoms with van der Waals surface area (Å²) in [6.07, 6.45) is 0. The highest BCUT2D eigenvalue weighted by atomic mass is 32.2. The Kier molecular flexibility index (Phi) is 5.30. The van der Waals surface area contributed by atoms with E-state index in [0.717, 1.165) is 24.2 Å². The molecule has 0 saturated carbocycles. The molecule has 3 rings (SSSR count). The van der Waals surface area contributed by atoms with E-state index in [1.165, 1.54) is 4.31 Å². The average Bonchev–Trinajstić information content (AvgIpc) is 2.62. The first kappa shape index (κ1) is 18.4. The molecule has 1 saturated heterocycles. The Morgan fingerprint density at radius 3 is 2.27 bits per heavy atom. The number of halogens is 1. The quantitative estimate of drug-likeness (QED) is 0.588. The fourth-order valence-corrected chi connectivity index (χ4v) is 4.35. The van der Waals surface area contributed by atoms with Gasteiger partial charge in [-0.1, -0.05) is 30.3 Å². The lowest BCUT2D eigenvalue weighted by Gasteiger charge is -2.34. The Bertz CT molecular complexity index is 897. The van der Waals surface area contributed by atoms with Gasteiger partial charge in [-0.25, -0.2) is 8.42 Å². The van der Waals surface area contributed by atoms with Crippen LogP contribution in [0.5, 0.6) is 0 Å². The topological polar surface area (TPSA) is 83.8 Å². The summed E-state index contributed by atoms with van der Waals surface area (Å²) in [5.41, 5.74) is 0.415. The van der Waals surface area contributed by atoms with Gasteiger partial charge in [0.2, 0.25) is 15.8 Å². The van der Waals surface area contributed by atoms with Crippen molar-refractivity contribution >= 4 is 15.7 Å². The van der Waals surface area contributed by atoms with Crippen LogP contribution in [0.2, 0.25) is 0 Å². The smallest absolute Gasteiger partial charge is 0.296 e. The van der Waals surface area contributed by atoms with Gasteiger partial charge in [-0.3, -0.25) is 15.0 Å². The largest absolute Gasteiger partial charge is 0.304 e. The number of benzene rings is 2. The lowest BCUT2D eigenvalue weighted by atomic mass is 10.2. The van der Waals surface area contributed by atoms with Crippen molar-refractivity contribution in [2.75, 3.05) is 26.2 Å². The van der Waals surface area contributed by atoms with Crippen LogP contribution in [0.1, 0.15) is 5.56 Å². The molecule has 2 aromatic rings. The summed E-state index contributed by atoms with van der Waals surface area (Å²) in [5.74, 6) is -1.15. The number of hydrogen-bond donors (Lipinski definition) is 0. The normalized spacial score (nSPS) is 16.5. The first-order valence-corrected chi connectivity index (χ1v) is 9.52. The van der Waals surface area contributed by atoms with Crippen LogP contribution in [-0.2, 0) is 16.6 Å². The molecule has 1 fully saturated rings. The van der Waals surface area contributed by atoms with Gasteiger partial charge < -0.3 is 0 Å². The summed E-state index contributed by atoms with van der Waals surface area (Å²) in [7, 11) is -3.88. The van der Waals surface area contributed by atoms with Crippen LogP contribution in [0.3, 0.4) is 0 Å². The van der Waals surface area contributed by atoms with Gasteiger partial charge >= 0.3 is 5.69 Å². The van der Waals surface area contributed by atoms with Gasteiger partial charge in [-0.2, -0.15) is 8.70 Å². The van der Waals surface area contributed by atoms with Crippen molar-refractivity contribution in [1.29, 1.82) is 0 Å². The molecule has 0 radical (unpaired) electrons. The first-order chi connectivity index (χ1) is 12.4. The highest BCUT2D eigenvalue weighted by molar-refractivity contribution is 7.89. The van der Waals surface area contributed by atoms with Gasteiger partial charge in [0.1, 0.15) is 0 Å². The Balaban J connectivity index is 1.68. The number of nitrogens with zero attached hydrogens (tertiary/aromatic N) is 3. The van der Waals surface area contributed by atoms with E-state index in [1.807, 2.05) is 30.3 Å². The van der Waals surface area contributed by atoms with E-state index in [0.29, 0.717) is 19.2 Å². The fourth-order valence-electron chi connectivity index (χ4n) is 2.91. The van der Waals surface area contributed by atoms with Crippen molar-refractivity contribution in [3.05, 3.63) is 70.0 Å². The van der Waals surface area contributed by atoms with Crippen molar-refractivity contribution in [2.24, 2.45) is 0 Å². The highest BCUT2D eigenvalue weighted by Crippen LogP contribution is 2.24. The van der Waals surface area contributed by atoms with E-state index in [-0.39, 0.29) is 18.0 Å². The SMILES string of the molecule is O=[N+]([O-])c1ccc(S(=O)(=O)N2CCN(Cc3ccccc3)CC2)cc1F. The molecule has 0 N–H and O–H groups in total. The molecule has 9 heteroatoms. The summed E-state index contributed by atoms with van der Waals surface area (Å²) in [5, 5.41) is 10.7. The third kappa shape index (κ3) is 3.90. The van der Waals surface area contributed by atoms with Gasteiger partial charge in [-0.15, -0.1) is 0 Å². The third-order valence-electron chi connectivity index (χ3n) is 4.33. The van der Waals surface area contributed by atoms with Crippen molar-refractivity contribution in [2.45, 2.75) is 11.4 Å². The predicted octanol–water partition coefficient (Wildman–Crippen LogP) is 2.24. The number of nitro benzene ring substituents is 1. The molecule has 1 heterocycles. The molecular formula is C17H18FN3O4S. The minimum atomic E-state index is -3.88. The second-order valence-electron chi connectivity index (χ2n) is 6.04. The first-order valence-electron chi connectivity index (χ1n) is 8.08. The molecule has 0 atom stereocenters. The third-order valence-corrected chi connectivity index (χ3v) is 6.23. The van der Waals surface area contributed by atoms with Crippen LogP contribution in [0.15, 0.2) is 53.4 Å². The van der Waals surface area contributed by atoms with Crippen LogP contribution >= 0.6 is 0 Å². The molecule has 0 aromatic heterocycles. The monoisotopic (exact) mass is 379 g/mol. The van der Waals surface area contributed by atoms with E-state index in [9.17, 15) is 22.9 Å². The van der Waals surface area contributed by atoms with E-state index in [2.05, 4.69) is 4.90 Å². The number of hydrogen-bond acceptors (Lipinski definition) is 5. The van der Waals surface area contributed by atoms with Gasteiger partial charge in [0.05, 0.1) is 9.82 Å². The fraction of sp³-hybridized carbons (Fsp3) is 0.294. The standard InChI is InChI=1S/C17H18FN3O4S/c18-16-12-15(6-7-17(16)21(22)23)26(24,25)20-10-8-19(9-11-20)13-14-4-2-1-3-5-14/h1-7,12H,8-11,13H2. The lowest BCUT2D eigenvalue weighted by Crippen LogP contribution is -2.48. The molecular weight excluding hydrogens is 361 g/mol. The van der Waals surface area contributed by atoms with Crippen LogP contribution in [0, 0.1) is 15.9 Å². The summed E-state index contributed by atoms with van der Waals surface area (Å²) in [6.45, 7) is 2.43. The van der Waals surface area contributed by atoms with E-state index >= 15 is 0 Å². The van der Waals surface area contributed by atoms with Crippen LogP contribution in [0.4, 0.5) is 10.1 Å². The van der Waals surface area contributed by atoms with Crippen molar-refractivity contribution in [3.63, 3.8) is 0 Å². The minimum absolute atomic E-state index is 0.267. The van der Waals surface area contributed by atoms with Crippen LogP contribution in [0.25, 0.3) is 0 Å². The van der Waals surface area contributed by atoms with Gasteiger partial charge in [-0.05, 0) is 11.6 Å². The molecule has 138 valence electrons. The molecule has 0 aliphatic carbocycles. The maximum absolute atomic E-state index is 13.8. The summed E-state index contributed by atoms with van der Waals surface area (Å²) >= 11 is 0. The zero-order valence-corrected chi connectivity index (χ0v) is 14.7. The molecule has 0 unspecified atom stereocenters. The van der Waals surface area contributed by atoms with E-state index in [1.54, 1.807) is 0 Å². The maximum atomic E-state index is 13.8. The molecule has 1 aliphatic rings. The lowest BCUT2D eigenvalue weighted by molar-refractivity contribution is -0.387. The molecule has 1 aliphatic heterocycles. The van der Waals surface area contributed by atoms with Crippen LogP contribution in [-0.4, -0.2) is 48.7 Å². The molecule has 2 aromatic carbocycles. The van der Waals surface area contributed by atoms with Crippen molar-refractivity contribution in [3.8, 4) is 0 Å². The van der Waals surface area contributed by atoms with Crippen LogP contribution < -0.4 is 0 Å². The maximum Gasteiger partial charge on any atom is 0.304 e. The summed E-state index contributed by atoms with van der Waals surface area (Å²) < 4.78 is 40.4. The zero-order chi connectivity index (χ0) is 18.7. The van der Waals surface area contributed by atoms with Gasteiger partial charge in [0, 0.05) is 44.9 Å². The minimum Gasteiger partial charge on any atom is -0.296 e. The van der Waals surface area contributed by atoms with E-state index < -0.39 is 26.5 Å². The van der Waals surface area contributed by atoms with E-state index in [4.69, 9.17) is 0 Å².